The van der Waals surface area contributed by atoms with Gasteiger partial charge in [-0.05, 0) is 30.5 Å². The Hall–Kier alpha value is -0.110. The fourth-order valence-corrected chi connectivity index (χ4v) is 4.98. The minimum Gasteiger partial charge on any atom is -0.330 e. The fourth-order valence-electron chi connectivity index (χ4n) is 2.25. The third kappa shape index (κ3) is 3.63. The Balaban J connectivity index is 0.00000220. The van der Waals surface area contributed by atoms with Crippen molar-refractivity contribution in [2.24, 2.45) is 11.1 Å². The van der Waals surface area contributed by atoms with Gasteiger partial charge in [0.15, 0.2) is 0 Å². The zero-order valence-electron chi connectivity index (χ0n) is 11.3. The lowest BCUT2D eigenvalue weighted by Crippen LogP contribution is -2.34. The highest BCUT2D eigenvalue weighted by Crippen LogP contribution is 2.37. The van der Waals surface area contributed by atoms with Gasteiger partial charge in [-0.1, -0.05) is 30.1 Å². The van der Waals surface area contributed by atoms with Gasteiger partial charge < -0.3 is 5.73 Å². The molecule has 0 saturated carbocycles. The molecule has 21 heavy (non-hydrogen) atoms. The van der Waals surface area contributed by atoms with Gasteiger partial charge in [-0.15, -0.1) is 12.4 Å². The van der Waals surface area contributed by atoms with Gasteiger partial charge in [-0.2, -0.15) is 4.31 Å². The molecule has 2 rings (SSSR count). The Morgan fingerprint density at radius 2 is 1.90 bits per heavy atom. The molecule has 4 nitrogen and oxygen atoms in total. The molecule has 1 aromatic carbocycles. The van der Waals surface area contributed by atoms with Crippen LogP contribution in [0.5, 0.6) is 0 Å². The van der Waals surface area contributed by atoms with Crippen molar-refractivity contribution in [1.82, 2.24) is 4.31 Å². The van der Waals surface area contributed by atoms with Crippen LogP contribution in [0.25, 0.3) is 0 Å². The van der Waals surface area contributed by atoms with Crippen molar-refractivity contribution >= 4 is 45.6 Å². The molecular formula is C12H16Cl3FN2O2S. The topological polar surface area (TPSA) is 63.4 Å². The number of sulfonamides is 1. The maximum atomic E-state index is 13.2. The molecule has 2 N–H and O–H groups in total. The molecule has 0 radical (unpaired) electrons. The molecule has 1 aromatic rings. The summed E-state index contributed by atoms with van der Waals surface area (Å²) in [6, 6.07) is 1.89. The number of benzene rings is 1. The van der Waals surface area contributed by atoms with Crippen molar-refractivity contribution in [1.29, 1.82) is 0 Å². The third-order valence-electron chi connectivity index (χ3n) is 3.58. The van der Waals surface area contributed by atoms with Gasteiger partial charge in [-0.25, -0.2) is 12.8 Å². The molecule has 1 aliphatic rings. The van der Waals surface area contributed by atoms with E-state index in [1.165, 1.54) is 4.31 Å². The molecule has 1 saturated heterocycles. The molecule has 1 unspecified atom stereocenters. The second-order valence-electron chi connectivity index (χ2n) is 5.30. The Morgan fingerprint density at radius 1 is 1.38 bits per heavy atom. The standard InChI is InChI=1S/C12H15Cl2FN2O2S.ClH/c1-12(6-16)2-3-17(7-12)20(18,19)11-9(13)4-8(15)5-10(11)14;/h4-5H,2-3,6-7,16H2,1H3;1H. The first-order valence-electron chi connectivity index (χ1n) is 6.04. The molecule has 0 bridgehead atoms. The summed E-state index contributed by atoms with van der Waals surface area (Å²) in [5.41, 5.74) is 5.41. The van der Waals surface area contributed by atoms with Crippen molar-refractivity contribution in [2.45, 2.75) is 18.2 Å². The van der Waals surface area contributed by atoms with Crippen LogP contribution in [0.15, 0.2) is 17.0 Å². The summed E-state index contributed by atoms with van der Waals surface area (Å²) in [6.07, 6.45) is 0.666. The fraction of sp³-hybridized carbons (Fsp3) is 0.500. The Labute approximate surface area is 139 Å². The largest absolute Gasteiger partial charge is 0.330 e. The van der Waals surface area contributed by atoms with E-state index in [-0.39, 0.29) is 32.8 Å². The molecule has 0 spiro atoms. The smallest absolute Gasteiger partial charge is 0.246 e. The first-order valence-corrected chi connectivity index (χ1v) is 8.24. The molecular weight excluding hydrogens is 362 g/mol. The van der Waals surface area contributed by atoms with E-state index in [1.54, 1.807) is 0 Å². The molecule has 1 heterocycles. The highest BCUT2D eigenvalue weighted by molar-refractivity contribution is 7.89. The molecule has 0 aliphatic carbocycles. The van der Waals surface area contributed by atoms with Crippen molar-refractivity contribution in [2.75, 3.05) is 19.6 Å². The van der Waals surface area contributed by atoms with Crippen molar-refractivity contribution in [3.63, 3.8) is 0 Å². The second kappa shape index (κ2) is 6.56. The second-order valence-corrected chi connectivity index (χ2v) is 7.99. The normalized spacial score (nSPS) is 23.1. The highest BCUT2D eigenvalue weighted by atomic mass is 35.5. The molecule has 0 aromatic heterocycles. The SMILES string of the molecule is CC1(CN)CCN(S(=O)(=O)c2c(Cl)cc(F)cc2Cl)C1.Cl. The van der Waals surface area contributed by atoms with E-state index in [0.717, 1.165) is 12.1 Å². The number of hydrogen-bond donors (Lipinski definition) is 1. The molecule has 1 fully saturated rings. The van der Waals surface area contributed by atoms with Crippen LogP contribution in [0, 0.1) is 11.2 Å². The van der Waals surface area contributed by atoms with Crippen LogP contribution in [-0.2, 0) is 10.0 Å². The predicted octanol–water partition coefficient (Wildman–Crippen LogP) is 2.91. The molecule has 120 valence electrons. The Morgan fingerprint density at radius 3 is 2.33 bits per heavy atom. The molecule has 9 heteroatoms. The zero-order valence-corrected chi connectivity index (χ0v) is 14.4. The van der Waals surface area contributed by atoms with Crippen LogP contribution in [0.2, 0.25) is 10.0 Å². The molecule has 1 aliphatic heterocycles. The lowest BCUT2D eigenvalue weighted by Gasteiger charge is -2.23. The van der Waals surface area contributed by atoms with Crippen LogP contribution in [0.4, 0.5) is 4.39 Å². The first-order chi connectivity index (χ1) is 9.19. The Bertz CT molecular complexity index is 618. The Kier molecular flexibility index (Phi) is 5.92. The van der Waals surface area contributed by atoms with E-state index in [2.05, 4.69) is 0 Å². The minimum atomic E-state index is -3.85. The maximum absolute atomic E-state index is 13.2. The van der Waals surface area contributed by atoms with Crippen LogP contribution in [0.3, 0.4) is 0 Å². The zero-order chi connectivity index (χ0) is 15.1. The lowest BCUT2D eigenvalue weighted by atomic mass is 9.90. The molecule has 0 amide bonds. The van der Waals surface area contributed by atoms with Crippen LogP contribution in [0.1, 0.15) is 13.3 Å². The first kappa shape index (κ1) is 18.9. The van der Waals surface area contributed by atoms with Gasteiger partial charge in [-0.3, -0.25) is 0 Å². The number of rotatable bonds is 3. The van der Waals surface area contributed by atoms with Crippen LogP contribution in [-0.4, -0.2) is 32.4 Å². The number of nitrogens with two attached hydrogens (primary N) is 1. The van der Waals surface area contributed by atoms with Gasteiger partial charge in [0.05, 0.1) is 10.0 Å². The number of halogens is 4. The summed E-state index contributed by atoms with van der Waals surface area (Å²) >= 11 is 11.7. The predicted molar refractivity (Wildman–Crippen MR) is 84.2 cm³/mol. The summed E-state index contributed by atoms with van der Waals surface area (Å²) < 4.78 is 39.6. The average molecular weight is 378 g/mol. The van der Waals surface area contributed by atoms with E-state index in [4.69, 9.17) is 28.9 Å². The summed E-state index contributed by atoms with van der Waals surface area (Å²) in [5.74, 6) is -0.674. The van der Waals surface area contributed by atoms with E-state index in [0.29, 0.717) is 26.1 Å². The van der Waals surface area contributed by atoms with Crippen molar-refractivity contribution in [3.05, 3.63) is 28.0 Å². The van der Waals surface area contributed by atoms with Gasteiger partial charge in [0.1, 0.15) is 10.7 Å². The van der Waals surface area contributed by atoms with Crippen molar-refractivity contribution < 1.29 is 12.8 Å². The van der Waals surface area contributed by atoms with E-state index in [1.807, 2.05) is 6.92 Å². The van der Waals surface area contributed by atoms with E-state index >= 15 is 0 Å². The van der Waals surface area contributed by atoms with Crippen LogP contribution >= 0.6 is 35.6 Å². The number of nitrogens with zero attached hydrogens (tertiary/aromatic N) is 1. The quantitative estimate of drug-likeness (QED) is 0.881. The highest BCUT2D eigenvalue weighted by Gasteiger charge is 2.40. The van der Waals surface area contributed by atoms with E-state index in [9.17, 15) is 12.8 Å². The van der Waals surface area contributed by atoms with Gasteiger partial charge in [0.2, 0.25) is 10.0 Å². The van der Waals surface area contributed by atoms with Crippen LogP contribution < -0.4 is 5.73 Å². The summed E-state index contributed by atoms with van der Waals surface area (Å²) in [6.45, 7) is 2.97. The lowest BCUT2D eigenvalue weighted by molar-refractivity contribution is 0.349. The van der Waals surface area contributed by atoms with Gasteiger partial charge in [0, 0.05) is 13.1 Å². The molecule has 1 atom stereocenters. The van der Waals surface area contributed by atoms with Crippen molar-refractivity contribution in [3.8, 4) is 0 Å². The monoisotopic (exact) mass is 376 g/mol. The summed E-state index contributed by atoms with van der Waals surface area (Å²) in [4.78, 5) is -0.247. The summed E-state index contributed by atoms with van der Waals surface area (Å²) in [5, 5.41) is -0.423. The number of hydrogen-bond acceptors (Lipinski definition) is 3. The van der Waals surface area contributed by atoms with E-state index < -0.39 is 15.8 Å². The maximum Gasteiger partial charge on any atom is 0.246 e. The summed E-state index contributed by atoms with van der Waals surface area (Å²) in [7, 11) is -3.85. The third-order valence-corrected chi connectivity index (χ3v) is 6.34. The van der Waals surface area contributed by atoms with Gasteiger partial charge >= 0.3 is 0 Å². The minimum absolute atomic E-state index is 0. The average Bonchev–Trinajstić information content (AvgIpc) is 2.71. The van der Waals surface area contributed by atoms with Gasteiger partial charge in [0.25, 0.3) is 0 Å².